The van der Waals surface area contributed by atoms with Crippen LogP contribution in [0.3, 0.4) is 0 Å². The van der Waals surface area contributed by atoms with Crippen molar-refractivity contribution in [2.24, 2.45) is 46.3 Å². The molecule has 0 amide bonds. The van der Waals surface area contributed by atoms with E-state index in [4.69, 9.17) is 4.74 Å². The number of ketones is 1. The number of rotatable bonds is 3. The quantitative estimate of drug-likeness (QED) is 0.679. The summed E-state index contributed by atoms with van der Waals surface area (Å²) in [5.41, 5.74) is 0.258. The van der Waals surface area contributed by atoms with Gasteiger partial charge in [-0.15, -0.1) is 0 Å². The molecule has 9 atom stereocenters. The van der Waals surface area contributed by atoms with E-state index in [2.05, 4.69) is 26.8 Å². The summed E-state index contributed by atoms with van der Waals surface area (Å²) >= 11 is 0. The van der Waals surface area contributed by atoms with Gasteiger partial charge in [-0.2, -0.15) is 0 Å². The van der Waals surface area contributed by atoms with Gasteiger partial charge in [-0.05, 0) is 87.0 Å². The fourth-order valence-corrected chi connectivity index (χ4v) is 9.22. The highest BCUT2D eigenvalue weighted by atomic mass is 16.5. The Bertz CT molecular complexity index is 698. The molecule has 4 saturated carbocycles. The Morgan fingerprint density at radius 2 is 1.97 bits per heavy atom. The minimum absolute atomic E-state index is 0.0239. The SMILES string of the molecule is CC1C[C@@H]2[C@@H](CC[C@]3(C)C(OC4=CCCC4)CC[C@@H]23)[C@@]2(CO)CCC(=O)C(C)C12. The lowest BCUT2D eigenvalue weighted by Gasteiger charge is -2.63. The van der Waals surface area contributed by atoms with Gasteiger partial charge in [-0.1, -0.05) is 20.8 Å². The Balaban J connectivity index is 1.43. The molecule has 0 aromatic rings. The summed E-state index contributed by atoms with van der Waals surface area (Å²) in [6, 6.07) is 0. The first-order chi connectivity index (χ1) is 13.9. The first kappa shape index (κ1) is 20.1. The standard InChI is InChI=1S/C26H40O3/c1-16-14-19-20-8-9-23(29-18-6-4-5-7-18)25(20,3)12-10-21(19)26(15-27)13-11-22(28)17(2)24(16)26/h6,16-17,19-21,23-24,27H,4-5,7-15H2,1-3H3/t16?,17?,19-,20-,21+,23?,24?,25-,26-/m0/s1. The van der Waals surface area contributed by atoms with Crippen LogP contribution in [0.15, 0.2) is 11.8 Å². The van der Waals surface area contributed by atoms with Crippen molar-refractivity contribution in [1.82, 2.24) is 0 Å². The molecular formula is C26H40O3. The highest BCUT2D eigenvalue weighted by Crippen LogP contribution is 2.68. The molecule has 3 heteroatoms. The second-order valence-electron chi connectivity index (χ2n) is 11.6. The summed E-state index contributed by atoms with van der Waals surface area (Å²) < 4.78 is 6.61. The summed E-state index contributed by atoms with van der Waals surface area (Å²) in [4.78, 5) is 12.6. The molecule has 5 rings (SSSR count). The van der Waals surface area contributed by atoms with Crippen molar-refractivity contribution in [3.8, 4) is 0 Å². The van der Waals surface area contributed by atoms with E-state index in [0.29, 0.717) is 47.9 Å². The lowest BCUT2D eigenvalue weighted by atomic mass is 9.41. The van der Waals surface area contributed by atoms with Gasteiger partial charge in [0.15, 0.2) is 0 Å². The lowest BCUT2D eigenvalue weighted by molar-refractivity contribution is -0.181. The summed E-state index contributed by atoms with van der Waals surface area (Å²) in [5, 5.41) is 10.7. The molecule has 162 valence electrons. The number of hydrogen-bond donors (Lipinski definition) is 1. The second kappa shape index (κ2) is 7.11. The van der Waals surface area contributed by atoms with Gasteiger partial charge in [0.1, 0.15) is 11.9 Å². The van der Waals surface area contributed by atoms with E-state index in [-0.39, 0.29) is 23.4 Å². The zero-order valence-corrected chi connectivity index (χ0v) is 18.7. The minimum atomic E-state index is -0.0239. The number of ether oxygens (including phenoxy) is 1. The Morgan fingerprint density at radius 1 is 1.14 bits per heavy atom. The van der Waals surface area contributed by atoms with E-state index in [0.717, 1.165) is 12.8 Å². The van der Waals surface area contributed by atoms with Crippen molar-refractivity contribution >= 4 is 5.78 Å². The fraction of sp³-hybridized carbons (Fsp3) is 0.885. The number of fused-ring (bicyclic) bond motifs is 5. The predicted octanol–water partition coefficient (Wildman–Crippen LogP) is 5.52. The average molecular weight is 401 g/mol. The number of carbonyl (C=O) groups excluding carboxylic acids is 1. The minimum Gasteiger partial charge on any atom is -0.495 e. The maximum absolute atomic E-state index is 12.6. The Kier molecular flexibility index (Phi) is 4.92. The normalized spacial score (nSPS) is 51.8. The van der Waals surface area contributed by atoms with Crippen LogP contribution in [0.5, 0.6) is 0 Å². The van der Waals surface area contributed by atoms with Gasteiger partial charge < -0.3 is 9.84 Å². The fourth-order valence-electron chi connectivity index (χ4n) is 9.22. The van der Waals surface area contributed by atoms with E-state index in [9.17, 15) is 9.90 Å². The van der Waals surface area contributed by atoms with Crippen molar-refractivity contribution in [1.29, 1.82) is 0 Å². The number of allylic oxidation sites excluding steroid dienone is 2. The van der Waals surface area contributed by atoms with Gasteiger partial charge in [-0.25, -0.2) is 0 Å². The first-order valence-electron chi connectivity index (χ1n) is 12.4. The molecule has 0 radical (unpaired) electrons. The lowest BCUT2D eigenvalue weighted by Crippen LogP contribution is -2.60. The molecular weight excluding hydrogens is 360 g/mol. The van der Waals surface area contributed by atoms with Crippen LogP contribution in [0.1, 0.15) is 85.0 Å². The molecule has 0 aromatic carbocycles. The summed E-state index contributed by atoms with van der Waals surface area (Å²) in [5.74, 6) is 4.71. The van der Waals surface area contributed by atoms with Crippen molar-refractivity contribution in [3.63, 3.8) is 0 Å². The van der Waals surface area contributed by atoms with Crippen LogP contribution in [-0.4, -0.2) is 23.6 Å². The van der Waals surface area contributed by atoms with E-state index >= 15 is 0 Å². The van der Waals surface area contributed by atoms with Gasteiger partial charge in [0.25, 0.3) is 0 Å². The van der Waals surface area contributed by atoms with Crippen LogP contribution in [0.2, 0.25) is 0 Å². The molecule has 4 unspecified atom stereocenters. The van der Waals surface area contributed by atoms with Crippen molar-refractivity contribution in [2.45, 2.75) is 91.1 Å². The zero-order chi connectivity index (χ0) is 20.4. The van der Waals surface area contributed by atoms with Gasteiger partial charge in [-0.3, -0.25) is 4.79 Å². The van der Waals surface area contributed by atoms with Crippen LogP contribution in [0, 0.1) is 46.3 Å². The summed E-state index contributed by atoms with van der Waals surface area (Å²) in [7, 11) is 0. The maximum atomic E-state index is 12.6. The third kappa shape index (κ3) is 2.82. The molecule has 1 N–H and O–H groups in total. The summed E-state index contributed by atoms with van der Waals surface area (Å²) in [6.45, 7) is 7.31. The van der Waals surface area contributed by atoms with Gasteiger partial charge in [0.05, 0.1) is 5.76 Å². The van der Waals surface area contributed by atoms with Gasteiger partial charge in [0.2, 0.25) is 0 Å². The number of aliphatic hydroxyl groups is 1. The Labute approximate surface area is 176 Å². The van der Waals surface area contributed by atoms with E-state index in [1.807, 2.05) is 0 Å². The second-order valence-corrected chi connectivity index (χ2v) is 11.6. The third-order valence-corrected chi connectivity index (χ3v) is 10.5. The van der Waals surface area contributed by atoms with E-state index in [1.54, 1.807) is 0 Å². The molecule has 29 heavy (non-hydrogen) atoms. The molecule has 0 heterocycles. The molecule has 0 aliphatic heterocycles. The molecule has 0 spiro atoms. The van der Waals surface area contributed by atoms with Crippen LogP contribution >= 0.6 is 0 Å². The highest BCUT2D eigenvalue weighted by molar-refractivity contribution is 5.82. The topological polar surface area (TPSA) is 46.5 Å². The molecule has 0 aromatic heterocycles. The maximum Gasteiger partial charge on any atom is 0.136 e. The zero-order valence-electron chi connectivity index (χ0n) is 18.7. The molecule has 5 aliphatic rings. The predicted molar refractivity (Wildman–Crippen MR) is 114 cm³/mol. The number of Topliss-reactive ketones (excluding diaryl/α,β-unsaturated/α-hetero) is 1. The molecule has 4 fully saturated rings. The average Bonchev–Trinajstić information content (AvgIpc) is 3.33. The summed E-state index contributed by atoms with van der Waals surface area (Å²) in [6.07, 6.45) is 14.0. The van der Waals surface area contributed by atoms with Crippen molar-refractivity contribution in [2.75, 3.05) is 6.61 Å². The van der Waals surface area contributed by atoms with Crippen molar-refractivity contribution < 1.29 is 14.6 Å². The number of hydrogen-bond acceptors (Lipinski definition) is 3. The van der Waals surface area contributed by atoms with Crippen LogP contribution in [0.25, 0.3) is 0 Å². The number of carbonyl (C=O) groups is 1. The van der Waals surface area contributed by atoms with Crippen LogP contribution < -0.4 is 0 Å². The molecule has 0 bridgehead atoms. The van der Waals surface area contributed by atoms with Crippen LogP contribution in [-0.2, 0) is 9.53 Å². The molecule has 5 aliphatic carbocycles. The smallest absolute Gasteiger partial charge is 0.136 e. The largest absolute Gasteiger partial charge is 0.495 e. The van der Waals surface area contributed by atoms with Crippen LogP contribution in [0.4, 0.5) is 0 Å². The molecule has 0 saturated heterocycles. The van der Waals surface area contributed by atoms with E-state index < -0.39 is 0 Å². The Morgan fingerprint density at radius 3 is 2.69 bits per heavy atom. The third-order valence-electron chi connectivity index (χ3n) is 10.5. The monoisotopic (exact) mass is 400 g/mol. The van der Waals surface area contributed by atoms with Crippen molar-refractivity contribution in [3.05, 3.63) is 11.8 Å². The van der Waals surface area contributed by atoms with Gasteiger partial charge >= 0.3 is 0 Å². The Hall–Kier alpha value is -0.830. The highest BCUT2D eigenvalue weighted by Gasteiger charge is 2.64. The van der Waals surface area contributed by atoms with Gasteiger partial charge in [0, 0.05) is 36.2 Å². The number of aliphatic hydroxyl groups excluding tert-OH is 1. The first-order valence-corrected chi connectivity index (χ1v) is 12.4. The van der Waals surface area contributed by atoms with E-state index in [1.165, 1.54) is 50.7 Å². The molecule has 3 nitrogen and oxygen atoms in total.